The number of anilines is 2. The molecule has 0 saturated carbocycles. The molecule has 0 aliphatic carbocycles. The first kappa shape index (κ1) is 28.3. The maximum absolute atomic E-state index is 15.0. The lowest BCUT2D eigenvalue weighted by Gasteiger charge is -2.41. The van der Waals surface area contributed by atoms with Gasteiger partial charge in [0.15, 0.2) is 5.60 Å². The van der Waals surface area contributed by atoms with Gasteiger partial charge in [-0.2, -0.15) is 13.2 Å². The summed E-state index contributed by atoms with van der Waals surface area (Å²) >= 11 is 12.1. The summed E-state index contributed by atoms with van der Waals surface area (Å²) < 4.78 is 58.1. The molecule has 2 heterocycles. The molecule has 2 fully saturated rings. The molecule has 2 aromatic rings. The molecule has 2 aromatic carbocycles. The zero-order valence-corrected chi connectivity index (χ0v) is 22.2. The molecule has 0 spiro atoms. The van der Waals surface area contributed by atoms with Crippen LogP contribution in [-0.4, -0.2) is 41.7 Å². The monoisotopic (exact) mass is 575 g/mol. The van der Waals surface area contributed by atoms with Crippen LogP contribution in [0.5, 0.6) is 5.75 Å². The fourth-order valence-corrected chi connectivity index (χ4v) is 5.56. The summed E-state index contributed by atoms with van der Waals surface area (Å²) in [5.74, 6) is -1.87. The van der Waals surface area contributed by atoms with Crippen LogP contribution in [0.15, 0.2) is 36.4 Å². The number of nitrogens with zero attached hydrogens (tertiary/aromatic N) is 1. The molecular formula is C26H27Cl2F4N3O3. The Morgan fingerprint density at radius 2 is 1.71 bits per heavy atom. The summed E-state index contributed by atoms with van der Waals surface area (Å²) in [6.07, 6.45) is -3.51. The van der Waals surface area contributed by atoms with Crippen molar-refractivity contribution in [2.75, 3.05) is 10.2 Å². The van der Waals surface area contributed by atoms with Crippen LogP contribution < -0.4 is 20.3 Å². The van der Waals surface area contributed by atoms with E-state index in [9.17, 15) is 22.8 Å². The van der Waals surface area contributed by atoms with Gasteiger partial charge in [-0.05, 0) is 75.9 Å². The maximum Gasteiger partial charge on any atom is 0.397 e. The second-order valence-corrected chi connectivity index (χ2v) is 11.0. The van der Waals surface area contributed by atoms with Crippen LogP contribution in [0.25, 0.3) is 0 Å². The average Bonchev–Trinajstić information content (AvgIpc) is 3.04. The molecule has 0 radical (unpaired) electrons. The number of hydrogen-bond acceptors (Lipinski definition) is 4. The first-order valence-electron chi connectivity index (χ1n) is 12.1. The van der Waals surface area contributed by atoms with E-state index in [1.54, 1.807) is 26.0 Å². The number of halogens is 6. The lowest BCUT2D eigenvalue weighted by atomic mass is 9.95. The number of ether oxygens (including phenoxy) is 1. The molecule has 0 aromatic heterocycles. The molecule has 2 N–H and O–H groups in total. The molecule has 2 bridgehead atoms. The topological polar surface area (TPSA) is 70.7 Å². The second kappa shape index (κ2) is 10.8. The van der Waals surface area contributed by atoms with E-state index >= 15 is 4.39 Å². The Balaban J connectivity index is 1.38. The van der Waals surface area contributed by atoms with Crippen molar-refractivity contribution in [2.45, 2.75) is 75.9 Å². The summed E-state index contributed by atoms with van der Waals surface area (Å²) in [7, 11) is 0. The van der Waals surface area contributed by atoms with Gasteiger partial charge in [0.2, 0.25) is 5.91 Å². The number of hydrogen-bond donors (Lipinski definition) is 2. The zero-order valence-electron chi connectivity index (χ0n) is 20.7. The van der Waals surface area contributed by atoms with Crippen LogP contribution in [0.3, 0.4) is 0 Å². The minimum absolute atomic E-state index is 0.0334. The molecule has 3 atom stereocenters. The normalized spacial score (nSPS) is 21.3. The molecule has 2 aliphatic rings. The van der Waals surface area contributed by atoms with Crippen molar-refractivity contribution >= 4 is 46.4 Å². The van der Waals surface area contributed by atoms with E-state index in [4.69, 9.17) is 27.9 Å². The van der Waals surface area contributed by atoms with Crippen molar-refractivity contribution in [1.82, 2.24) is 5.32 Å². The third-order valence-corrected chi connectivity index (χ3v) is 7.28. The van der Waals surface area contributed by atoms with E-state index in [2.05, 4.69) is 10.6 Å². The predicted molar refractivity (Wildman–Crippen MR) is 137 cm³/mol. The molecule has 1 unspecified atom stereocenters. The van der Waals surface area contributed by atoms with E-state index < -0.39 is 29.9 Å². The Morgan fingerprint density at radius 3 is 2.29 bits per heavy atom. The van der Waals surface area contributed by atoms with Crippen LogP contribution in [0.4, 0.5) is 28.9 Å². The molecule has 6 nitrogen and oxygen atoms in total. The van der Waals surface area contributed by atoms with Gasteiger partial charge < -0.3 is 20.3 Å². The smallest absolute Gasteiger partial charge is 0.397 e. The second-order valence-electron chi connectivity index (χ2n) is 10.1. The number of alkyl halides is 3. The van der Waals surface area contributed by atoms with Gasteiger partial charge in [0.25, 0.3) is 5.91 Å². The molecule has 2 aliphatic heterocycles. The van der Waals surface area contributed by atoms with Crippen molar-refractivity contribution in [3.05, 3.63) is 52.3 Å². The van der Waals surface area contributed by atoms with E-state index in [1.165, 1.54) is 18.2 Å². The average molecular weight is 576 g/mol. The van der Waals surface area contributed by atoms with Gasteiger partial charge in [-0.1, -0.05) is 23.2 Å². The minimum atomic E-state index is -4.65. The third-order valence-electron chi connectivity index (χ3n) is 6.74. The highest BCUT2D eigenvalue weighted by atomic mass is 35.5. The summed E-state index contributed by atoms with van der Waals surface area (Å²) in [5.41, 5.74) is -0.943. The quantitative estimate of drug-likeness (QED) is 0.370. The number of nitrogens with one attached hydrogen (secondary N) is 2. The highest BCUT2D eigenvalue weighted by Gasteiger charge is 2.43. The molecule has 2 saturated heterocycles. The van der Waals surface area contributed by atoms with Crippen LogP contribution in [0.1, 0.15) is 46.0 Å². The van der Waals surface area contributed by atoms with Crippen molar-refractivity contribution in [2.24, 2.45) is 0 Å². The summed E-state index contributed by atoms with van der Waals surface area (Å²) in [6.45, 7) is 3.28. The maximum atomic E-state index is 15.0. The lowest BCUT2D eigenvalue weighted by Crippen LogP contribution is -2.55. The number of rotatable bonds is 7. The first-order valence-corrected chi connectivity index (χ1v) is 12.9. The van der Waals surface area contributed by atoms with Crippen LogP contribution in [0.2, 0.25) is 10.0 Å². The Hall–Kier alpha value is -2.72. The number of piperidine rings is 1. The summed E-state index contributed by atoms with van der Waals surface area (Å²) in [4.78, 5) is 26.6. The molecule has 38 heavy (non-hydrogen) atoms. The predicted octanol–water partition coefficient (Wildman–Crippen LogP) is 6.50. The fraction of sp³-hybridized carbons (Fsp3) is 0.462. The van der Waals surface area contributed by atoms with Gasteiger partial charge in [0.05, 0.1) is 10.7 Å². The zero-order chi connectivity index (χ0) is 27.8. The van der Waals surface area contributed by atoms with E-state index in [-0.39, 0.29) is 34.7 Å². The number of amides is 2. The van der Waals surface area contributed by atoms with Gasteiger partial charge in [-0.15, -0.1) is 0 Å². The molecule has 4 rings (SSSR count). The number of fused-ring (bicyclic) bond motifs is 2. The summed E-state index contributed by atoms with van der Waals surface area (Å²) in [5, 5.41) is 5.87. The number of carbonyl (C=O) groups excluding carboxylic acids is 2. The van der Waals surface area contributed by atoms with Gasteiger partial charge in [-0.3, -0.25) is 9.59 Å². The Labute approximate surface area is 227 Å². The van der Waals surface area contributed by atoms with Crippen LogP contribution in [-0.2, 0) is 9.59 Å². The van der Waals surface area contributed by atoms with E-state index in [0.29, 0.717) is 29.3 Å². The number of benzene rings is 2. The van der Waals surface area contributed by atoms with Crippen molar-refractivity contribution in [3.8, 4) is 5.75 Å². The Morgan fingerprint density at radius 1 is 1.05 bits per heavy atom. The van der Waals surface area contributed by atoms with Crippen molar-refractivity contribution in [3.63, 3.8) is 0 Å². The van der Waals surface area contributed by atoms with Crippen molar-refractivity contribution in [1.29, 1.82) is 0 Å². The largest absolute Gasteiger partial charge is 0.476 e. The number of carbonyl (C=O) groups is 2. The van der Waals surface area contributed by atoms with Gasteiger partial charge >= 0.3 is 6.18 Å². The van der Waals surface area contributed by atoms with Gasteiger partial charge in [-0.25, -0.2) is 4.39 Å². The van der Waals surface area contributed by atoms with Gasteiger partial charge in [0, 0.05) is 28.8 Å². The van der Waals surface area contributed by atoms with E-state index in [1.807, 2.05) is 4.90 Å². The summed E-state index contributed by atoms with van der Waals surface area (Å²) in [6, 6.07) is 8.41. The Kier molecular flexibility index (Phi) is 8.04. The first-order chi connectivity index (χ1) is 17.7. The Bertz CT molecular complexity index is 1210. The van der Waals surface area contributed by atoms with Gasteiger partial charge in [0.1, 0.15) is 18.0 Å². The highest BCUT2D eigenvalue weighted by molar-refractivity contribution is 6.35. The molecular weight excluding hydrogens is 549 g/mol. The molecule has 206 valence electrons. The minimum Gasteiger partial charge on any atom is -0.476 e. The SMILES string of the molecule is CC(C)(Oc1ccc(Cl)cc1Cl)C(=O)NC1C[C@H]2CC[C@@H](C1)N2c1ccc(NC(=O)CC(F)(F)F)cc1F. The third kappa shape index (κ3) is 6.64. The van der Waals surface area contributed by atoms with Crippen LogP contribution >= 0.6 is 23.2 Å². The highest BCUT2D eigenvalue weighted by Crippen LogP contribution is 2.41. The fourth-order valence-electron chi connectivity index (χ4n) is 5.11. The molecule has 12 heteroatoms. The lowest BCUT2D eigenvalue weighted by molar-refractivity contribution is -0.150. The van der Waals surface area contributed by atoms with E-state index in [0.717, 1.165) is 18.9 Å². The van der Waals surface area contributed by atoms with Crippen molar-refractivity contribution < 1.29 is 31.9 Å². The standard InChI is InChI=1S/C26H27Cl2F4N3O3/c1-25(2,38-22-8-3-14(27)9-19(22)28)24(37)34-16-10-17-5-6-18(11-16)35(17)21-7-4-15(12-20(21)29)33-23(36)13-26(30,31)32/h3-4,7-9,12,16-18H,5-6,10-11,13H2,1-2H3,(H,33,36)(H,34,37)/t16?,17-,18+. The molecule has 2 amide bonds. The van der Waals surface area contributed by atoms with Crippen LogP contribution in [0, 0.1) is 5.82 Å².